The van der Waals surface area contributed by atoms with E-state index >= 15 is 0 Å². The summed E-state index contributed by atoms with van der Waals surface area (Å²) in [4.78, 5) is 38.5. The Labute approximate surface area is 160 Å². The molecule has 0 unspecified atom stereocenters. The molecular weight excluding hydrogens is 366 g/mol. The molecule has 1 aromatic heterocycles. The fourth-order valence-corrected chi connectivity index (χ4v) is 3.31. The van der Waals surface area contributed by atoms with Gasteiger partial charge in [-0.1, -0.05) is 29.3 Å². The monoisotopic (exact) mass is 383 g/mol. The number of nitrogens with zero attached hydrogens (tertiary/aromatic N) is 2. The third kappa shape index (κ3) is 3.40. The summed E-state index contributed by atoms with van der Waals surface area (Å²) in [5, 5.41) is 3.68. The van der Waals surface area contributed by atoms with Gasteiger partial charge in [0.1, 0.15) is 6.54 Å². The van der Waals surface area contributed by atoms with E-state index in [4.69, 9.17) is 11.6 Å². The summed E-state index contributed by atoms with van der Waals surface area (Å²) in [5.41, 5.74) is 0.714. The van der Waals surface area contributed by atoms with Gasteiger partial charge < -0.3 is 5.32 Å². The van der Waals surface area contributed by atoms with Crippen LogP contribution < -0.4 is 16.6 Å². The fourth-order valence-electron chi connectivity index (χ4n) is 3.13. The van der Waals surface area contributed by atoms with E-state index in [1.54, 1.807) is 36.4 Å². The first-order valence-electron chi connectivity index (χ1n) is 8.75. The lowest BCUT2D eigenvalue weighted by Crippen LogP contribution is -2.42. The smallest absolute Gasteiger partial charge is 0.336 e. The lowest BCUT2D eigenvalue weighted by Gasteiger charge is -2.14. The number of rotatable bonds is 4. The maximum Gasteiger partial charge on any atom is 0.336 e. The van der Waals surface area contributed by atoms with E-state index in [2.05, 4.69) is 5.32 Å². The number of nitrogens with one attached hydrogen (secondary N) is 1. The Bertz CT molecular complexity index is 1180. The van der Waals surface area contributed by atoms with Gasteiger partial charge in [0, 0.05) is 11.1 Å². The molecule has 1 N–H and O–H groups in total. The van der Waals surface area contributed by atoms with Crippen molar-refractivity contribution in [1.82, 2.24) is 14.5 Å². The van der Waals surface area contributed by atoms with Crippen molar-refractivity contribution in [2.75, 3.05) is 0 Å². The lowest BCUT2D eigenvalue weighted by molar-refractivity contribution is -0.121. The van der Waals surface area contributed by atoms with Crippen LogP contribution in [0.1, 0.15) is 18.4 Å². The molecule has 0 radical (unpaired) electrons. The molecule has 4 rings (SSSR count). The molecule has 7 heteroatoms. The van der Waals surface area contributed by atoms with Gasteiger partial charge in [-0.3, -0.25) is 14.2 Å². The second kappa shape index (κ2) is 6.70. The average Bonchev–Trinajstić information content (AvgIpc) is 3.43. The van der Waals surface area contributed by atoms with E-state index < -0.39 is 11.2 Å². The van der Waals surface area contributed by atoms with Crippen LogP contribution in [-0.2, 0) is 11.3 Å². The largest absolute Gasteiger partial charge is 0.352 e. The third-order valence-corrected chi connectivity index (χ3v) is 4.84. The molecule has 1 heterocycles. The zero-order chi connectivity index (χ0) is 19.1. The second-order valence-electron chi connectivity index (χ2n) is 6.85. The first kappa shape index (κ1) is 17.5. The molecule has 1 aliphatic carbocycles. The molecular formula is C20H18ClN3O3. The molecule has 0 atom stereocenters. The Morgan fingerprint density at radius 1 is 1.19 bits per heavy atom. The molecule has 2 aromatic carbocycles. The van der Waals surface area contributed by atoms with Crippen molar-refractivity contribution in [2.24, 2.45) is 0 Å². The van der Waals surface area contributed by atoms with Crippen molar-refractivity contribution >= 4 is 28.4 Å². The van der Waals surface area contributed by atoms with Crippen LogP contribution in [0.4, 0.5) is 0 Å². The predicted octanol–water partition coefficient (Wildman–Crippen LogP) is 2.39. The van der Waals surface area contributed by atoms with E-state index in [1.807, 2.05) is 13.0 Å². The van der Waals surface area contributed by atoms with Gasteiger partial charge in [-0.05, 0) is 50.1 Å². The van der Waals surface area contributed by atoms with E-state index in [9.17, 15) is 14.4 Å². The maximum absolute atomic E-state index is 13.1. The SMILES string of the molecule is Cc1ccc2c(c1)c(=O)n(-c1cccc(Cl)c1)c(=O)n2CC(=O)NC1CC1. The van der Waals surface area contributed by atoms with Gasteiger partial charge in [0.15, 0.2) is 0 Å². The Morgan fingerprint density at radius 2 is 1.96 bits per heavy atom. The number of amides is 1. The molecule has 0 spiro atoms. The molecule has 0 saturated heterocycles. The number of aryl methyl sites for hydroxylation is 1. The minimum Gasteiger partial charge on any atom is -0.352 e. The van der Waals surface area contributed by atoms with Crippen molar-refractivity contribution in [3.05, 3.63) is 73.9 Å². The topological polar surface area (TPSA) is 73.1 Å². The molecule has 27 heavy (non-hydrogen) atoms. The molecule has 6 nitrogen and oxygen atoms in total. The van der Waals surface area contributed by atoms with Gasteiger partial charge in [-0.15, -0.1) is 0 Å². The summed E-state index contributed by atoms with van der Waals surface area (Å²) in [6.07, 6.45) is 1.92. The van der Waals surface area contributed by atoms with Gasteiger partial charge in [0.2, 0.25) is 5.91 Å². The van der Waals surface area contributed by atoms with Gasteiger partial charge >= 0.3 is 5.69 Å². The van der Waals surface area contributed by atoms with Crippen LogP contribution in [0.5, 0.6) is 0 Å². The first-order chi connectivity index (χ1) is 12.9. The summed E-state index contributed by atoms with van der Waals surface area (Å²) >= 11 is 6.04. The van der Waals surface area contributed by atoms with Gasteiger partial charge in [-0.25, -0.2) is 9.36 Å². The highest BCUT2D eigenvalue weighted by Gasteiger charge is 2.24. The zero-order valence-corrected chi connectivity index (χ0v) is 15.5. The normalized spacial score (nSPS) is 13.7. The first-order valence-corrected chi connectivity index (χ1v) is 9.13. The molecule has 1 aliphatic rings. The summed E-state index contributed by atoms with van der Waals surface area (Å²) in [6.45, 7) is 1.73. The number of carbonyl (C=O) groups excluding carboxylic acids is 1. The number of fused-ring (bicyclic) bond motifs is 1. The van der Waals surface area contributed by atoms with Crippen molar-refractivity contribution in [2.45, 2.75) is 32.4 Å². The highest BCUT2D eigenvalue weighted by Crippen LogP contribution is 2.19. The maximum atomic E-state index is 13.1. The average molecular weight is 384 g/mol. The number of halogens is 1. The molecule has 1 amide bonds. The summed E-state index contributed by atoms with van der Waals surface area (Å²) < 4.78 is 2.41. The van der Waals surface area contributed by atoms with Crippen molar-refractivity contribution in [1.29, 1.82) is 0 Å². The number of hydrogen-bond donors (Lipinski definition) is 1. The minimum absolute atomic E-state index is 0.143. The standard InChI is InChI=1S/C20H18ClN3O3/c1-12-5-8-17-16(9-12)19(26)24(15-4-2-3-13(21)10-15)20(27)23(17)11-18(25)22-14-6-7-14/h2-5,8-10,14H,6-7,11H2,1H3,(H,22,25). The van der Waals surface area contributed by atoms with Gasteiger partial charge in [-0.2, -0.15) is 0 Å². The Hall–Kier alpha value is -2.86. The van der Waals surface area contributed by atoms with Crippen LogP contribution in [-0.4, -0.2) is 21.1 Å². The minimum atomic E-state index is -0.565. The number of benzene rings is 2. The summed E-state index contributed by atoms with van der Waals surface area (Å²) in [6, 6.07) is 12.0. The summed E-state index contributed by atoms with van der Waals surface area (Å²) in [5.74, 6) is -0.238. The fraction of sp³-hybridized carbons (Fsp3) is 0.250. The number of aromatic nitrogens is 2. The second-order valence-corrected chi connectivity index (χ2v) is 7.29. The van der Waals surface area contributed by atoms with Crippen LogP contribution in [0.25, 0.3) is 16.6 Å². The third-order valence-electron chi connectivity index (χ3n) is 4.61. The zero-order valence-electron chi connectivity index (χ0n) is 14.7. The Kier molecular flexibility index (Phi) is 4.36. The molecule has 3 aromatic rings. The van der Waals surface area contributed by atoms with Gasteiger partial charge in [0.05, 0.1) is 16.6 Å². The van der Waals surface area contributed by atoms with Crippen LogP contribution >= 0.6 is 11.6 Å². The number of hydrogen-bond acceptors (Lipinski definition) is 3. The van der Waals surface area contributed by atoms with Crippen molar-refractivity contribution < 1.29 is 4.79 Å². The van der Waals surface area contributed by atoms with E-state index in [0.29, 0.717) is 21.6 Å². The van der Waals surface area contributed by atoms with Crippen LogP contribution in [0.3, 0.4) is 0 Å². The lowest BCUT2D eigenvalue weighted by atomic mass is 10.1. The molecule has 0 bridgehead atoms. The van der Waals surface area contributed by atoms with Crippen LogP contribution in [0, 0.1) is 6.92 Å². The van der Waals surface area contributed by atoms with Crippen LogP contribution in [0.2, 0.25) is 5.02 Å². The predicted molar refractivity (Wildman–Crippen MR) is 105 cm³/mol. The van der Waals surface area contributed by atoms with E-state index in [1.165, 1.54) is 4.57 Å². The quantitative estimate of drug-likeness (QED) is 0.751. The highest BCUT2D eigenvalue weighted by atomic mass is 35.5. The van der Waals surface area contributed by atoms with E-state index in [-0.39, 0.29) is 18.5 Å². The van der Waals surface area contributed by atoms with Gasteiger partial charge in [0.25, 0.3) is 5.56 Å². The summed E-state index contributed by atoms with van der Waals surface area (Å²) in [7, 11) is 0. The molecule has 138 valence electrons. The van der Waals surface area contributed by atoms with E-state index in [0.717, 1.165) is 23.0 Å². The van der Waals surface area contributed by atoms with Crippen LogP contribution in [0.15, 0.2) is 52.1 Å². The van der Waals surface area contributed by atoms with Crippen molar-refractivity contribution in [3.8, 4) is 5.69 Å². The molecule has 0 aliphatic heterocycles. The van der Waals surface area contributed by atoms with Crippen molar-refractivity contribution in [3.63, 3.8) is 0 Å². The Balaban J connectivity index is 1.96. The highest BCUT2D eigenvalue weighted by molar-refractivity contribution is 6.30. The molecule has 1 fully saturated rings. The number of carbonyl (C=O) groups is 1. The molecule has 1 saturated carbocycles. The Morgan fingerprint density at radius 3 is 2.67 bits per heavy atom.